The molecule has 2 aromatic rings. The van der Waals surface area contributed by atoms with E-state index in [4.69, 9.17) is 10.5 Å². The quantitative estimate of drug-likeness (QED) is 0.756. The Morgan fingerprint density at radius 1 is 1.00 bits per heavy atom. The molecule has 0 saturated carbocycles. The van der Waals surface area contributed by atoms with Crippen molar-refractivity contribution in [1.29, 1.82) is 0 Å². The zero-order valence-electron chi connectivity index (χ0n) is 12.0. The summed E-state index contributed by atoms with van der Waals surface area (Å²) in [7, 11) is 2.18. The van der Waals surface area contributed by atoms with Crippen molar-refractivity contribution in [2.45, 2.75) is 11.8 Å². The largest absolute Gasteiger partial charge is 0.457 e. The number of fused-ring (bicyclic) bond motifs is 5. The fourth-order valence-electron chi connectivity index (χ4n) is 3.58. The number of nitrogen functional groups attached to an aromatic ring is 1. The molecule has 4 rings (SSSR count). The minimum absolute atomic E-state index is 0. The Hall–Kier alpha value is -1.71. The van der Waals surface area contributed by atoms with Crippen molar-refractivity contribution in [3.8, 4) is 11.5 Å². The number of ether oxygens (including phenoxy) is 1. The summed E-state index contributed by atoms with van der Waals surface area (Å²) in [6, 6.07) is 14.4. The third-order valence-corrected chi connectivity index (χ3v) is 4.47. The molecule has 1 fully saturated rings. The maximum absolute atomic E-state index is 6.15. The second kappa shape index (κ2) is 5.24. The van der Waals surface area contributed by atoms with Crippen LogP contribution < -0.4 is 10.5 Å². The Morgan fingerprint density at radius 2 is 1.67 bits per heavy atom. The average molecular weight is 303 g/mol. The van der Waals surface area contributed by atoms with E-state index in [0.29, 0.717) is 11.8 Å². The van der Waals surface area contributed by atoms with Gasteiger partial charge in [-0.2, -0.15) is 0 Å². The number of para-hydroxylation sites is 1. The molecule has 2 aliphatic rings. The first-order valence-corrected chi connectivity index (χ1v) is 7.07. The molecule has 4 heteroatoms. The number of benzene rings is 2. The highest BCUT2D eigenvalue weighted by atomic mass is 35.5. The van der Waals surface area contributed by atoms with E-state index in [9.17, 15) is 0 Å². The van der Waals surface area contributed by atoms with Crippen LogP contribution in [0, 0.1) is 0 Å². The van der Waals surface area contributed by atoms with Crippen LogP contribution >= 0.6 is 12.4 Å². The second-order valence-corrected chi connectivity index (χ2v) is 5.87. The molecule has 2 aliphatic heterocycles. The van der Waals surface area contributed by atoms with Gasteiger partial charge in [0.15, 0.2) is 0 Å². The van der Waals surface area contributed by atoms with Gasteiger partial charge in [0, 0.05) is 36.2 Å². The molecular formula is C17H19ClN2O. The van der Waals surface area contributed by atoms with E-state index >= 15 is 0 Å². The Bertz CT molecular complexity index is 674. The lowest BCUT2D eigenvalue weighted by Gasteiger charge is -2.17. The molecule has 2 N–H and O–H groups in total. The van der Waals surface area contributed by atoms with E-state index in [1.165, 1.54) is 11.1 Å². The zero-order valence-corrected chi connectivity index (χ0v) is 12.8. The summed E-state index contributed by atoms with van der Waals surface area (Å²) < 4.78 is 6.15. The van der Waals surface area contributed by atoms with Gasteiger partial charge in [0.1, 0.15) is 11.5 Å². The van der Waals surface area contributed by atoms with Crippen molar-refractivity contribution in [3.05, 3.63) is 53.6 Å². The van der Waals surface area contributed by atoms with Gasteiger partial charge in [-0.25, -0.2) is 0 Å². The first-order chi connectivity index (χ1) is 9.72. The lowest BCUT2D eigenvalue weighted by atomic mass is 9.84. The second-order valence-electron chi connectivity index (χ2n) is 5.87. The van der Waals surface area contributed by atoms with E-state index in [1.54, 1.807) is 0 Å². The van der Waals surface area contributed by atoms with Gasteiger partial charge >= 0.3 is 0 Å². The summed E-state index contributed by atoms with van der Waals surface area (Å²) in [4.78, 5) is 2.39. The van der Waals surface area contributed by atoms with Crippen molar-refractivity contribution in [2.75, 3.05) is 25.9 Å². The molecule has 21 heavy (non-hydrogen) atoms. The fourth-order valence-corrected chi connectivity index (χ4v) is 3.58. The Morgan fingerprint density at radius 3 is 2.48 bits per heavy atom. The molecular weight excluding hydrogens is 284 g/mol. The van der Waals surface area contributed by atoms with Gasteiger partial charge in [0.2, 0.25) is 0 Å². The summed E-state index contributed by atoms with van der Waals surface area (Å²) >= 11 is 0. The van der Waals surface area contributed by atoms with Crippen LogP contribution in [-0.4, -0.2) is 25.0 Å². The van der Waals surface area contributed by atoms with Crippen LogP contribution in [0.5, 0.6) is 11.5 Å². The number of hydrogen-bond donors (Lipinski definition) is 1. The van der Waals surface area contributed by atoms with Crippen LogP contribution in [0.3, 0.4) is 0 Å². The number of rotatable bonds is 0. The van der Waals surface area contributed by atoms with Gasteiger partial charge in [-0.05, 0) is 36.9 Å². The lowest BCUT2D eigenvalue weighted by molar-refractivity contribution is 0.401. The third-order valence-electron chi connectivity index (χ3n) is 4.47. The minimum atomic E-state index is 0. The highest BCUT2D eigenvalue weighted by Crippen LogP contribution is 2.49. The molecule has 0 aromatic heterocycles. The summed E-state index contributed by atoms with van der Waals surface area (Å²) in [6.45, 7) is 2.12. The van der Waals surface area contributed by atoms with Crippen molar-refractivity contribution >= 4 is 18.1 Å². The smallest absolute Gasteiger partial charge is 0.131 e. The van der Waals surface area contributed by atoms with Crippen molar-refractivity contribution in [2.24, 2.45) is 0 Å². The molecule has 0 spiro atoms. The fraction of sp³-hybridized carbons (Fsp3) is 0.294. The molecule has 0 radical (unpaired) electrons. The molecule has 2 heterocycles. The number of likely N-dealkylation sites (N-methyl/N-ethyl adjacent to an activating group) is 1. The average Bonchev–Trinajstić information content (AvgIpc) is 2.78. The molecule has 3 nitrogen and oxygen atoms in total. The topological polar surface area (TPSA) is 38.5 Å². The monoisotopic (exact) mass is 302 g/mol. The lowest BCUT2D eigenvalue weighted by Crippen LogP contribution is -2.14. The van der Waals surface area contributed by atoms with E-state index in [-0.39, 0.29) is 12.4 Å². The van der Waals surface area contributed by atoms with E-state index in [0.717, 1.165) is 30.3 Å². The van der Waals surface area contributed by atoms with Crippen LogP contribution in [0.1, 0.15) is 23.0 Å². The number of nitrogens with zero attached hydrogens (tertiary/aromatic N) is 1. The standard InChI is InChI=1S/C17H18N2O.ClH/c1-19-9-14-12-4-2-3-5-16(12)20-17-7-6-11(18)8-13(17)15(14)10-19;/h2-8,14-15H,9-10,18H2,1H3;1H. The van der Waals surface area contributed by atoms with Crippen molar-refractivity contribution in [3.63, 3.8) is 0 Å². The number of likely N-dealkylation sites (tertiary alicyclic amines) is 1. The Labute approximate surface area is 131 Å². The van der Waals surface area contributed by atoms with Gasteiger partial charge in [0.05, 0.1) is 0 Å². The molecule has 0 aliphatic carbocycles. The molecule has 2 unspecified atom stereocenters. The summed E-state index contributed by atoms with van der Waals surface area (Å²) in [5, 5.41) is 0. The highest BCUT2D eigenvalue weighted by molar-refractivity contribution is 5.85. The van der Waals surface area contributed by atoms with Crippen LogP contribution in [0.4, 0.5) is 5.69 Å². The van der Waals surface area contributed by atoms with Gasteiger partial charge < -0.3 is 15.4 Å². The SMILES string of the molecule is CN1CC2c3ccccc3Oc3ccc(N)cc3C2C1.Cl. The summed E-state index contributed by atoms with van der Waals surface area (Å²) in [5.74, 6) is 2.89. The number of anilines is 1. The first kappa shape index (κ1) is 14.2. The van der Waals surface area contributed by atoms with Gasteiger partial charge in [0.25, 0.3) is 0 Å². The molecule has 0 bridgehead atoms. The van der Waals surface area contributed by atoms with Crippen LogP contribution in [-0.2, 0) is 0 Å². The minimum Gasteiger partial charge on any atom is -0.457 e. The van der Waals surface area contributed by atoms with Gasteiger partial charge in [-0.15, -0.1) is 12.4 Å². The third kappa shape index (κ3) is 2.27. The summed E-state index contributed by atoms with van der Waals surface area (Å²) in [5.41, 5.74) is 9.36. The number of nitrogens with two attached hydrogens (primary N) is 1. The van der Waals surface area contributed by atoms with E-state index in [2.05, 4.69) is 36.2 Å². The van der Waals surface area contributed by atoms with E-state index in [1.807, 2.05) is 18.2 Å². The first-order valence-electron chi connectivity index (χ1n) is 7.07. The maximum Gasteiger partial charge on any atom is 0.131 e. The van der Waals surface area contributed by atoms with Crippen molar-refractivity contribution in [1.82, 2.24) is 4.90 Å². The normalized spacial score (nSPS) is 23.1. The molecule has 110 valence electrons. The predicted octanol–water partition coefficient (Wildman–Crippen LogP) is 3.61. The molecule has 0 amide bonds. The molecule has 2 aromatic carbocycles. The molecule has 2 atom stereocenters. The zero-order chi connectivity index (χ0) is 13.7. The highest BCUT2D eigenvalue weighted by Gasteiger charge is 2.38. The number of halogens is 1. The summed E-state index contributed by atoms with van der Waals surface area (Å²) in [6.07, 6.45) is 0. The Kier molecular flexibility index (Phi) is 3.56. The van der Waals surface area contributed by atoms with Crippen molar-refractivity contribution < 1.29 is 4.74 Å². The maximum atomic E-state index is 6.15. The van der Waals surface area contributed by atoms with Crippen LogP contribution in [0.15, 0.2) is 42.5 Å². The van der Waals surface area contributed by atoms with E-state index < -0.39 is 0 Å². The number of hydrogen-bond acceptors (Lipinski definition) is 3. The van der Waals surface area contributed by atoms with Gasteiger partial charge in [-0.3, -0.25) is 0 Å². The Balaban J connectivity index is 0.00000132. The van der Waals surface area contributed by atoms with Crippen LogP contribution in [0.25, 0.3) is 0 Å². The van der Waals surface area contributed by atoms with Crippen LogP contribution in [0.2, 0.25) is 0 Å². The predicted molar refractivity (Wildman–Crippen MR) is 87.6 cm³/mol. The van der Waals surface area contributed by atoms with Gasteiger partial charge in [-0.1, -0.05) is 18.2 Å². The molecule has 1 saturated heterocycles.